The summed E-state index contributed by atoms with van der Waals surface area (Å²) in [6, 6.07) is 9.61. The molecule has 4 heteroatoms. The number of carbonyl (C=O) groups is 2. The summed E-state index contributed by atoms with van der Waals surface area (Å²) < 4.78 is 5.12. The van der Waals surface area contributed by atoms with Gasteiger partial charge in [-0.1, -0.05) is 38.0 Å². The van der Waals surface area contributed by atoms with Crippen molar-refractivity contribution < 1.29 is 14.3 Å². The molecule has 0 bridgehead atoms. The first-order chi connectivity index (χ1) is 11.7. The first-order valence-electron chi connectivity index (χ1n) is 9.19. The molecule has 2 rings (SSSR count). The molecule has 0 saturated heterocycles. The molecular formula is C20H29NO3. The number of hydrogen-bond acceptors (Lipinski definition) is 3. The van der Waals surface area contributed by atoms with Gasteiger partial charge in [-0.2, -0.15) is 0 Å². The third kappa shape index (κ3) is 4.83. The van der Waals surface area contributed by atoms with E-state index in [9.17, 15) is 9.59 Å². The Kier molecular flexibility index (Phi) is 7.29. The van der Waals surface area contributed by atoms with Crippen LogP contribution in [0.25, 0.3) is 0 Å². The minimum absolute atomic E-state index is 0.0878. The van der Waals surface area contributed by atoms with E-state index in [4.69, 9.17) is 4.74 Å². The van der Waals surface area contributed by atoms with Crippen molar-refractivity contribution in [1.82, 2.24) is 4.90 Å². The van der Waals surface area contributed by atoms with Crippen LogP contribution in [0.3, 0.4) is 0 Å². The topological polar surface area (TPSA) is 46.6 Å². The van der Waals surface area contributed by atoms with E-state index in [1.807, 2.05) is 42.2 Å². The molecule has 1 aliphatic rings. The van der Waals surface area contributed by atoms with Gasteiger partial charge in [0, 0.05) is 18.2 Å². The third-order valence-corrected chi connectivity index (χ3v) is 4.79. The summed E-state index contributed by atoms with van der Waals surface area (Å²) >= 11 is 0. The molecule has 132 valence electrons. The molecule has 0 spiro atoms. The maximum Gasteiger partial charge on any atom is 0.306 e. The summed E-state index contributed by atoms with van der Waals surface area (Å²) in [5, 5.41) is 0. The number of unbranched alkanes of at least 4 members (excludes halogenated alkanes) is 1. The SMILES string of the molecule is CCCCN(C(=O)c1ccccc1)[C@H]1CCC[C@H]1CC(=O)OCC. The Morgan fingerprint density at radius 2 is 1.92 bits per heavy atom. The predicted octanol–water partition coefficient (Wildman–Crippen LogP) is 4.05. The number of esters is 1. The number of carbonyl (C=O) groups excluding carboxylic acids is 2. The largest absolute Gasteiger partial charge is 0.466 e. The van der Waals surface area contributed by atoms with Crippen molar-refractivity contribution in [3.63, 3.8) is 0 Å². The molecule has 0 N–H and O–H groups in total. The van der Waals surface area contributed by atoms with Crippen LogP contribution in [0.15, 0.2) is 30.3 Å². The highest BCUT2D eigenvalue weighted by molar-refractivity contribution is 5.94. The molecule has 0 unspecified atom stereocenters. The highest BCUT2D eigenvalue weighted by Crippen LogP contribution is 2.33. The number of rotatable bonds is 8. The number of ether oxygens (including phenoxy) is 1. The van der Waals surface area contributed by atoms with E-state index in [2.05, 4.69) is 6.92 Å². The Morgan fingerprint density at radius 1 is 1.17 bits per heavy atom. The van der Waals surface area contributed by atoms with Crippen LogP contribution in [0.1, 0.15) is 62.7 Å². The van der Waals surface area contributed by atoms with E-state index >= 15 is 0 Å². The molecule has 0 heterocycles. The Hall–Kier alpha value is -1.84. The second-order valence-electron chi connectivity index (χ2n) is 6.49. The molecule has 1 aromatic rings. The van der Waals surface area contributed by atoms with Gasteiger partial charge in [0.05, 0.1) is 13.0 Å². The van der Waals surface area contributed by atoms with E-state index in [1.54, 1.807) is 0 Å². The normalized spacial score (nSPS) is 19.9. The molecule has 4 nitrogen and oxygen atoms in total. The molecule has 1 aliphatic carbocycles. The first kappa shape index (κ1) is 18.5. The average molecular weight is 331 g/mol. The number of hydrogen-bond donors (Lipinski definition) is 0. The van der Waals surface area contributed by atoms with Gasteiger partial charge in [0.15, 0.2) is 0 Å². The average Bonchev–Trinajstić information content (AvgIpc) is 3.04. The smallest absolute Gasteiger partial charge is 0.306 e. The Morgan fingerprint density at radius 3 is 2.58 bits per heavy atom. The van der Waals surface area contributed by atoms with Crippen LogP contribution < -0.4 is 0 Å². The van der Waals surface area contributed by atoms with Crippen molar-refractivity contribution in [2.24, 2.45) is 5.92 Å². The predicted molar refractivity (Wildman–Crippen MR) is 94.8 cm³/mol. The molecule has 1 amide bonds. The van der Waals surface area contributed by atoms with E-state index in [1.165, 1.54) is 0 Å². The third-order valence-electron chi connectivity index (χ3n) is 4.79. The van der Waals surface area contributed by atoms with Gasteiger partial charge in [-0.05, 0) is 44.2 Å². The van der Waals surface area contributed by atoms with Crippen molar-refractivity contribution in [2.45, 2.75) is 58.4 Å². The lowest BCUT2D eigenvalue weighted by Crippen LogP contribution is -2.43. The monoisotopic (exact) mass is 331 g/mol. The lowest BCUT2D eigenvalue weighted by molar-refractivity contribution is -0.144. The molecule has 1 fully saturated rings. The van der Waals surface area contributed by atoms with Gasteiger partial charge in [0.2, 0.25) is 0 Å². The van der Waals surface area contributed by atoms with Crippen molar-refractivity contribution >= 4 is 11.9 Å². The van der Waals surface area contributed by atoms with Gasteiger partial charge in [0.25, 0.3) is 5.91 Å². The fraction of sp³-hybridized carbons (Fsp3) is 0.600. The summed E-state index contributed by atoms with van der Waals surface area (Å²) in [5.74, 6) is 0.162. The lowest BCUT2D eigenvalue weighted by atomic mass is 9.97. The van der Waals surface area contributed by atoms with E-state index in [0.717, 1.165) is 44.2 Å². The molecule has 24 heavy (non-hydrogen) atoms. The van der Waals surface area contributed by atoms with Gasteiger partial charge in [0.1, 0.15) is 0 Å². The second-order valence-corrected chi connectivity index (χ2v) is 6.49. The minimum atomic E-state index is -0.142. The van der Waals surface area contributed by atoms with Crippen molar-refractivity contribution in [3.8, 4) is 0 Å². The van der Waals surface area contributed by atoms with Crippen LogP contribution in [-0.4, -0.2) is 36.0 Å². The van der Waals surface area contributed by atoms with E-state index < -0.39 is 0 Å². The Bertz CT molecular complexity index is 529. The van der Waals surface area contributed by atoms with Gasteiger partial charge in [-0.3, -0.25) is 9.59 Å². The van der Waals surface area contributed by atoms with Crippen LogP contribution in [0.2, 0.25) is 0 Å². The first-order valence-corrected chi connectivity index (χ1v) is 9.19. The van der Waals surface area contributed by atoms with Crippen LogP contribution in [0.5, 0.6) is 0 Å². The fourth-order valence-electron chi connectivity index (χ4n) is 3.59. The zero-order valence-corrected chi connectivity index (χ0v) is 14.9. The van der Waals surface area contributed by atoms with Crippen molar-refractivity contribution in [2.75, 3.05) is 13.2 Å². The van der Waals surface area contributed by atoms with Gasteiger partial charge in [-0.15, -0.1) is 0 Å². The molecule has 0 aromatic heterocycles. The maximum atomic E-state index is 13.0. The fourth-order valence-corrected chi connectivity index (χ4v) is 3.59. The Balaban J connectivity index is 2.13. The molecule has 0 radical (unpaired) electrons. The zero-order valence-electron chi connectivity index (χ0n) is 14.9. The highest BCUT2D eigenvalue weighted by Gasteiger charge is 2.36. The zero-order chi connectivity index (χ0) is 17.4. The number of benzene rings is 1. The molecule has 1 aromatic carbocycles. The van der Waals surface area contributed by atoms with Crippen LogP contribution in [0.4, 0.5) is 0 Å². The summed E-state index contributed by atoms with van der Waals surface area (Å²) in [7, 11) is 0. The van der Waals surface area contributed by atoms with Gasteiger partial charge < -0.3 is 9.64 Å². The van der Waals surface area contributed by atoms with E-state index in [-0.39, 0.29) is 23.8 Å². The molecular weight excluding hydrogens is 302 g/mol. The summed E-state index contributed by atoms with van der Waals surface area (Å²) in [4.78, 5) is 26.9. The number of amides is 1. The standard InChI is InChI=1S/C20H29NO3/c1-3-5-14-21(20(23)16-10-7-6-8-11-16)18-13-9-12-17(18)15-19(22)24-4-2/h6-8,10-11,17-18H,3-5,9,12-15H2,1-2H3/t17-,18-/m0/s1. The summed E-state index contributed by atoms with van der Waals surface area (Å²) in [6.45, 7) is 5.14. The van der Waals surface area contributed by atoms with Crippen molar-refractivity contribution in [1.29, 1.82) is 0 Å². The number of nitrogens with zero attached hydrogens (tertiary/aromatic N) is 1. The van der Waals surface area contributed by atoms with Crippen LogP contribution in [-0.2, 0) is 9.53 Å². The van der Waals surface area contributed by atoms with Gasteiger partial charge in [-0.25, -0.2) is 0 Å². The minimum Gasteiger partial charge on any atom is -0.466 e. The lowest BCUT2D eigenvalue weighted by Gasteiger charge is -2.33. The quantitative estimate of drug-likeness (QED) is 0.675. The maximum absolute atomic E-state index is 13.0. The highest BCUT2D eigenvalue weighted by atomic mass is 16.5. The van der Waals surface area contributed by atoms with Gasteiger partial charge >= 0.3 is 5.97 Å². The molecule has 0 aliphatic heterocycles. The van der Waals surface area contributed by atoms with Crippen molar-refractivity contribution in [3.05, 3.63) is 35.9 Å². The van der Waals surface area contributed by atoms with E-state index in [0.29, 0.717) is 13.0 Å². The van der Waals surface area contributed by atoms with Crippen LogP contribution in [0, 0.1) is 5.92 Å². The van der Waals surface area contributed by atoms with Crippen LogP contribution >= 0.6 is 0 Å². The Labute approximate surface area is 145 Å². The second kappa shape index (κ2) is 9.45. The summed E-state index contributed by atoms with van der Waals surface area (Å²) in [5.41, 5.74) is 0.732. The molecule has 1 saturated carbocycles. The summed E-state index contributed by atoms with van der Waals surface area (Å²) in [6.07, 6.45) is 5.50. The molecule has 2 atom stereocenters.